The van der Waals surface area contributed by atoms with E-state index in [1.54, 1.807) is 0 Å². The molecule has 0 radical (unpaired) electrons. The largest absolute Gasteiger partial charge is 0.331 e. The number of unbranched alkanes of at least 4 members (excludes halogenated alkanes) is 9. The van der Waals surface area contributed by atoms with Crippen LogP contribution in [0.1, 0.15) is 71.1 Å². The second-order valence-corrected chi connectivity index (χ2v) is 5.88. The Morgan fingerprint density at radius 1 is 0.708 bits per heavy atom. The van der Waals surface area contributed by atoms with E-state index in [9.17, 15) is 17.6 Å². The lowest BCUT2D eigenvalue weighted by Crippen LogP contribution is -2.05. The Kier molecular flexibility index (Phi) is 10.5. The van der Waals surface area contributed by atoms with Crippen molar-refractivity contribution in [2.75, 3.05) is 6.61 Å². The summed E-state index contributed by atoms with van der Waals surface area (Å²) in [6, 6.07) is 0.125. The molecule has 0 N–H and O–H groups in total. The molecule has 0 heterocycles. The third-order valence-corrected chi connectivity index (χ3v) is 3.80. The quantitative estimate of drug-likeness (QED) is 0.133. The third-order valence-electron chi connectivity index (χ3n) is 3.80. The molecule has 0 unspecified atom stereocenters. The van der Waals surface area contributed by atoms with Crippen molar-refractivity contribution in [2.24, 2.45) is 0 Å². The van der Waals surface area contributed by atoms with Crippen molar-refractivity contribution in [1.29, 1.82) is 0 Å². The van der Waals surface area contributed by atoms with Gasteiger partial charge in [-0.25, -0.2) is 8.78 Å². The molecule has 0 fully saturated rings. The van der Waals surface area contributed by atoms with Crippen LogP contribution in [0.15, 0.2) is 6.07 Å². The molecule has 0 aliphatic rings. The van der Waals surface area contributed by atoms with E-state index in [1.807, 2.05) is 0 Å². The van der Waals surface area contributed by atoms with Crippen molar-refractivity contribution in [3.8, 4) is 5.75 Å². The Labute approximate surface area is 141 Å². The monoisotopic (exact) mass is 350 g/mol. The third kappa shape index (κ3) is 7.51. The lowest BCUT2D eigenvalue weighted by atomic mass is 10.1. The van der Waals surface area contributed by atoms with Crippen LogP contribution < -0.4 is 4.89 Å². The van der Waals surface area contributed by atoms with Gasteiger partial charge >= 0.3 is 0 Å². The van der Waals surface area contributed by atoms with E-state index >= 15 is 0 Å². The maximum atomic E-state index is 13.3. The first-order chi connectivity index (χ1) is 11.6. The van der Waals surface area contributed by atoms with Gasteiger partial charge < -0.3 is 4.89 Å². The lowest BCUT2D eigenvalue weighted by Gasteiger charge is -2.08. The molecule has 0 amide bonds. The highest BCUT2D eigenvalue weighted by molar-refractivity contribution is 5.28. The maximum absolute atomic E-state index is 13.3. The zero-order valence-corrected chi connectivity index (χ0v) is 14.2. The van der Waals surface area contributed by atoms with Crippen LogP contribution >= 0.6 is 0 Å². The molecule has 138 valence electrons. The van der Waals surface area contributed by atoms with Gasteiger partial charge in [0.15, 0.2) is 11.6 Å². The highest BCUT2D eigenvalue weighted by Crippen LogP contribution is 2.26. The zero-order valence-electron chi connectivity index (χ0n) is 14.2. The van der Waals surface area contributed by atoms with Gasteiger partial charge in [-0.05, 0) is 6.42 Å². The van der Waals surface area contributed by atoms with Gasteiger partial charge in [0.1, 0.15) is 0 Å². The van der Waals surface area contributed by atoms with Crippen LogP contribution in [0, 0.1) is 23.3 Å². The number of halogens is 4. The molecule has 1 rings (SSSR count). The van der Waals surface area contributed by atoms with Crippen LogP contribution in [0.4, 0.5) is 17.6 Å². The van der Waals surface area contributed by atoms with E-state index in [0.717, 1.165) is 19.3 Å². The normalized spacial score (nSPS) is 11.0. The van der Waals surface area contributed by atoms with Gasteiger partial charge in [0.2, 0.25) is 17.4 Å². The molecule has 6 heteroatoms. The van der Waals surface area contributed by atoms with E-state index in [2.05, 4.69) is 16.7 Å². The zero-order chi connectivity index (χ0) is 17.8. The van der Waals surface area contributed by atoms with E-state index in [0.29, 0.717) is 6.42 Å². The molecule has 24 heavy (non-hydrogen) atoms. The summed E-state index contributed by atoms with van der Waals surface area (Å²) < 4.78 is 52.5. The molecule has 1 aromatic rings. The SMILES string of the molecule is CCCCCCCCCCCCOOc1c(F)c(F)cc(F)c1F. The Morgan fingerprint density at radius 3 is 1.67 bits per heavy atom. The summed E-state index contributed by atoms with van der Waals surface area (Å²) in [5.74, 6) is -7.42. The fourth-order valence-electron chi connectivity index (χ4n) is 2.37. The highest BCUT2D eigenvalue weighted by Gasteiger charge is 2.21. The lowest BCUT2D eigenvalue weighted by molar-refractivity contribution is -0.212. The smallest absolute Gasteiger partial charge is 0.242 e. The summed E-state index contributed by atoms with van der Waals surface area (Å²) in [6.45, 7) is 2.30. The molecule has 0 aliphatic heterocycles. The van der Waals surface area contributed by atoms with E-state index in [1.165, 1.54) is 38.5 Å². The van der Waals surface area contributed by atoms with Gasteiger partial charge in [-0.3, -0.25) is 0 Å². The first-order valence-electron chi connectivity index (χ1n) is 8.70. The minimum absolute atomic E-state index is 0.105. The molecule has 0 atom stereocenters. The van der Waals surface area contributed by atoms with Crippen LogP contribution in [0.5, 0.6) is 5.75 Å². The molecular formula is C18H26F4O2. The molecule has 0 bridgehead atoms. The van der Waals surface area contributed by atoms with Crippen molar-refractivity contribution in [2.45, 2.75) is 71.1 Å². The van der Waals surface area contributed by atoms with E-state index in [-0.39, 0.29) is 12.7 Å². The molecule has 0 saturated heterocycles. The van der Waals surface area contributed by atoms with Gasteiger partial charge in [-0.1, -0.05) is 64.7 Å². The summed E-state index contributed by atoms with van der Waals surface area (Å²) in [5, 5.41) is 0. The molecule has 0 aromatic heterocycles. The number of hydrogen-bond acceptors (Lipinski definition) is 2. The van der Waals surface area contributed by atoms with Crippen molar-refractivity contribution in [3.05, 3.63) is 29.3 Å². The minimum Gasteiger partial charge on any atom is -0.331 e. The Hall–Kier alpha value is -1.30. The molecular weight excluding hydrogens is 324 g/mol. The Morgan fingerprint density at radius 2 is 1.17 bits per heavy atom. The van der Waals surface area contributed by atoms with Crippen molar-refractivity contribution < 1.29 is 27.3 Å². The molecule has 2 nitrogen and oxygen atoms in total. The van der Waals surface area contributed by atoms with Crippen LogP contribution in [0.3, 0.4) is 0 Å². The average molecular weight is 350 g/mol. The summed E-state index contributed by atoms with van der Waals surface area (Å²) >= 11 is 0. The van der Waals surface area contributed by atoms with Crippen LogP contribution in [0.25, 0.3) is 0 Å². The second kappa shape index (κ2) is 12.1. The first kappa shape index (κ1) is 20.7. The molecule has 1 aromatic carbocycles. The molecule has 0 aliphatic carbocycles. The molecule has 0 spiro atoms. The van der Waals surface area contributed by atoms with Crippen LogP contribution in [0.2, 0.25) is 0 Å². The summed E-state index contributed by atoms with van der Waals surface area (Å²) in [6.07, 6.45) is 11.3. The number of rotatable bonds is 13. The standard InChI is InChI=1S/C18H26F4O2/c1-2-3-4-5-6-7-8-9-10-11-12-23-24-18-16(21)14(19)13-15(20)17(18)22/h13H,2-12H2,1H3. The van der Waals surface area contributed by atoms with E-state index < -0.39 is 29.0 Å². The predicted octanol–water partition coefficient (Wildman–Crippen LogP) is 6.47. The topological polar surface area (TPSA) is 18.5 Å². The van der Waals surface area contributed by atoms with Gasteiger partial charge in [-0.15, -0.1) is 0 Å². The minimum atomic E-state index is -1.60. The number of hydrogen-bond donors (Lipinski definition) is 0. The Balaban J connectivity index is 2.07. The van der Waals surface area contributed by atoms with Gasteiger partial charge in [0.25, 0.3) is 0 Å². The fraction of sp³-hybridized carbons (Fsp3) is 0.667. The van der Waals surface area contributed by atoms with Gasteiger partial charge in [0, 0.05) is 6.07 Å². The summed E-state index contributed by atoms with van der Waals surface area (Å²) in [4.78, 5) is 9.03. The fourth-order valence-corrected chi connectivity index (χ4v) is 2.37. The molecule has 0 saturated carbocycles. The number of benzene rings is 1. The summed E-state index contributed by atoms with van der Waals surface area (Å²) in [7, 11) is 0. The van der Waals surface area contributed by atoms with Crippen LogP contribution in [-0.2, 0) is 4.89 Å². The van der Waals surface area contributed by atoms with Crippen molar-refractivity contribution in [1.82, 2.24) is 0 Å². The van der Waals surface area contributed by atoms with E-state index in [4.69, 9.17) is 0 Å². The average Bonchev–Trinajstić information content (AvgIpc) is 2.56. The second-order valence-electron chi connectivity index (χ2n) is 5.88. The Bertz CT molecular complexity index is 454. The summed E-state index contributed by atoms with van der Waals surface area (Å²) in [5.41, 5.74) is 0. The maximum Gasteiger partial charge on any atom is 0.242 e. The van der Waals surface area contributed by atoms with Crippen molar-refractivity contribution >= 4 is 0 Å². The van der Waals surface area contributed by atoms with Crippen molar-refractivity contribution in [3.63, 3.8) is 0 Å². The van der Waals surface area contributed by atoms with Gasteiger partial charge in [0.05, 0.1) is 6.61 Å². The first-order valence-corrected chi connectivity index (χ1v) is 8.70. The van der Waals surface area contributed by atoms with Crippen LogP contribution in [-0.4, -0.2) is 6.61 Å². The predicted molar refractivity (Wildman–Crippen MR) is 84.7 cm³/mol. The van der Waals surface area contributed by atoms with Gasteiger partial charge in [-0.2, -0.15) is 13.7 Å². The highest BCUT2D eigenvalue weighted by atomic mass is 19.2.